The van der Waals surface area contributed by atoms with Crippen molar-refractivity contribution >= 4 is 22.3 Å². The van der Waals surface area contributed by atoms with Crippen LogP contribution in [-0.4, -0.2) is 11.5 Å². The summed E-state index contributed by atoms with van der Waals surface area (Å²) in [5.41, 5.74) is 9.81. The average Bonchev–Trinajstić information content (AvgIpc) is 2.80. The maximum Gasteiger partial charge on any atom is 0.0724 e. The molecule has 1 aromatic heterocycles. The summed E-state index contributed by atoms with van der Waals surface area (Å²) >= 11 is 0. The molecule has 0 unspecified atom stereocenters. The summed E-state index contributed by atoms with van der Waals surface area (Å²) in [6.45, 7) is 10.3. The van der Waals surface area contributed by atoms with Gasteiger partial charge in [0.25, 0.3) is 0 Å². The molecule has 1 saturated carbocycles. The summed E-state index contributed by atoms with van der Waals surface area (Å²) in [6.07, 6.45) is 1.80. The van der Waals surface area contributed by atoms with Gasteiger partial charge >= 0.3 is 0 Å². The zero-order chi connectivity index (χ0) is 14.5. The summed E-state index contributed by atoms with van der Waals surface area (Å²) in [5, 5.41) is 4.55. The van der Waals surface area contributed by atoms with Gasteiger partial charge in [0, 0.05) is 18.1 Å². The molecule has 0 spiro atoms. The highest BCUT2D eigenvalue weighted by Crippen LogP contribution is 2.68. The molecule has 0 saturated heterocycles. The number of fused-ring (bicyclic) bond motifs is 1. The molecule has 0 atom stereocenters. The second-order valence-corrected chi connectivity index (χ2v) is 6.97. The predicted molar refractivity (Wildman–Crippen MR) is 85.7 cm³/mol. The Kier molecular flexibility index (Phi) is 2.72. The molecule has 0 aliphatic heterocycles. The fourth-order valence-electron chi connectivity index (χ4n) is 3.38. The van der Waals surface area contributed by atoms with E-state index in [4.69, 9.17) is 5.73 Å². The monoisotopic (exact) mass is 269 g/mol. The van der Waals surface area contributed by atoms with E-state index in [1.807, 2.05) is 24.3 Å². The number of pyridine rings is 1. The van der Waals surface area contributed by atoms with Crippen LogP contribution in [0.3, 0.4) is 0 Å². The number of rotatable bonds is 3. The van der Waals surface area contributed by atoms with Crippen LogP contribution in [0.5, 0.6) is 0 Å². The SMILES string of the molecule is CC1(C)C(CNc2ccc3ncccc3c2N)C1(C)C. The number of anilines is 2. The topological polar surface area (TPSA) is 50.9 Å². The Hall–Kier alpha value is -1.77. The molecular weight excluding hydrogens is 246 g/mol. The molecule has 0 amide bonds. The maximum atomic E-state index is 6.26. The standard InChI is InChI=1S/C17H23N3/c1-16(2)14(17(16,3)4)10-20-13-8-7-12-11(15(13)18)6-5-9-19-12/h5-9,14,20H,10,18H2,1-4H3. The second-order valence-electron chi connectivity index (χ2n) is 6.97. The molecule has 1 aliphatic rings. The molecule has 2 aromatic rings. The van der Waals surface area contributed by atoms with E-state index in [2.05, 4.69) is 38.0 Å². The molecule has 1 fully saturated rings. The first kappa shape index (κ1) is 13.2. The van der Waals surface area contributed by atoms with Crippen molar-refractivity contribution in [3.8, 4) is 0 Å². The number of nitrogens with one attached hydrogen (secondary N) is 1. The van der Waals surface area contributed by atoms with Crippen LogP contribution < -0.4 is 11.1 Å². The van der Waals surface area contributed by atoms with Gasteiger partial charge in [0.15, 0.2) is 0 Å². The van der Waals surface area contributed by atoms with Crippen LogP contribution in [0.4, 0.5) is 11.4 Å². The highest BCUT2D eigenvalue weighted by molar-refractivity contribution is 5.96. The van der Waals surface area contributed by atoms with Gasteiger partial charge in [0.2, 0.25) is 0 Å². The lowest BCUT2D eigenvalue weighted by molar-refractivity contribution is 0.457. The summed E-state index contributed by atoms with van der Waals surface area (Å²) in [7, 11) is 0. The van der Waals surface area contributed by atoms with E-state index in [1.54, 1.807) is 6.20 Å². The minimum absolute atomic E-state index is 0.396. The Bertz CT molecular complexity index is 644. The van der Waals surface area contributed by atoms with Crippen molar-refractivity contribution in [3.63, 3.8) is 0 Å². The number of aromatic nitrogens is 1. The highest BCUT2D eigenvalue weighted by Gasteiger charge is 2.64. The third kappa shape index (κ3) is 1.76. The Morgan fingerprint density at radius 2 is 1.85 bits per heavy atom. The van der Waals surface area contributed by atoms with E-state index in [-0.39, 0.29) is 0 Å². The number of hydrogen-bond acceptors (Lipinski definition) is 3. The van der Waals surface area contributed by atoms with Crippen LogP contribution in [0.25, 0.3) is 10.9 Å². The first-order valence-corrected chi connectivity index (χ1v) is 7.23. The molecule has 0 bridgehead atoms. The fraction of sp³-hybridized carbons (Fsp3) is 0.471. The minimum Gasteiger partial charge on any atom is -0.397 e. The van der Waals surface area contributed by atoms with Gasteiger partial charge in [-0.05, 0) is 41.0 Å². The molecule has 3 heteroatoms. The van der Waals surface area contributed by atoms with E-state index in [0.717, 1.165) is 28.8 Å². The highest BCUT2D eigenvalue weighted by atomic mass is 14.9. The predicted octanol–water partition coefficient (Wildman–Crippen LogP) is 3.91. The molecule has 1 aromatic carbocycles. The van der Waals surface area contributed by atoms with Gasteiger partial charge in [-0.25, -0.2) is 0 Å². The van der Waals surface area contributed by atoms with E-state index >= 15 is 0 Å². The average molecular weight is 269 g/mol. The Balaban J connectivity index is 1.81. The summed E-state index contributed by atoms with van der Waals surface area (Å²) in [5.74, 6) is 0.680. The van der Waals surface area contributed by atoms with Crippen molar-refractivity contribution in [2.75, 3.05) is 17.6 Å². The quantitative estimate of drug-likeness (QED) is 0.831. The van der Waals surface area contributed by atoms with Crippen LogP contribution in [-0.2, 0) is 0 Å². The van der Waals surface area contributed by atoms with Crippen molar-refractivity contribution in [2.45, 2.75) is 27.7 Å². The lowest BCUT2D eigenvalue weighted by Gasteiger charge is -2.12. The maximum absolute atomic E-state index is 6.26. The van der Waals surface area contributed by atoms with Gasteiger partial charge in [0.05, 0.1) is 16.9 Å². The van der Waals surface area contributed by atoms with Crippen molar-refractivity contribution in [3.05, 3.63) is 30.5 Å². The van der Waals surface area contributed by atoms with Crippen molar-refractivity contribution < 1.29 is 0 Å². The van der Waals surface area contributed by atoms with Crippen LogP contribution in [0.15, 0.2) is 30.5 Å². The molecule has 3 nitrogen and oxygen atoms in total. The lowest BCUT2D eigenvalue weighted by atomic mass is 10.0. The number of nitrogens with two attached hydrogens (primary N) is 1. The van der Waals surface area contributed by atoms with Crippen LogP contribution in [0.2, 0.25) is 0 Å². The van der Waals surface area contributed by atoms with Crippen molar-refractivity contribution in [1.29, 1.82) is 0 Å². The van der Waals surface area contributed by atoms with Crippen molar-refractivity contribution in [1.82, 2.24) is 4.98 Å². The molecule has 0 radical (unpaired) electrons. The largest absolute Gasteiger partial charge is 0.397 e. The fourth-order valence-corrected chi connectivity index (χ4v) is 3.38. The molecule has 20 heavy (non-hydrogen) atoms. The zero-order valence-corrected chi connectivity index (χ0v) is 12.7. The van der Waals surface area contributed by atoms with Gasteiger partial charge in [0.1, 0.15) is 0 Å². The molecule has 106 valence electrons. The molecule has 3 N–H and O–H groups in total. The molecule has 1 aliphatic carbocycles. The third-order valence-electron chi connectivity index (χ3n) is 5.64. The summed E-state index contributed by atoms with van der Waals surface area (Å²) in [6, 6.07) is 8.01. The van der Waals surface area contributed by atoms with Crippen molar-refractivity contribution in [2.24, 2.45) is 16.7 Å². The number of nitrogens with zero attached hydrogens (tertiary/aromatic N) is 1. The van der Waals surface area contributed by atoms with Gasteiger partial charge in [-0.1, -0.05) is 27.7 Å². The summed E-state index contributed by atoms with van der Waals surface area (Å²) in [4.78, 5) is 4.33. The lowest BCUT2D eigenvalue weighted by Crippen LogP contribution is -2.09. The molecule has 1 heterocycles. The summed E-state index contributed by atoms with van der Waals surface area (Å²) < 4.78 is 0. The second kappa shape index (κ2) is 4.11. The number of nitrogen functional groups attached to an aromatic ring is 1. The van der Waals surface area contributed by atoms with Crippen LogP contribution in [0.1, 0.15) is 27.7 Å². The minimum atomic E-state index is 0.396. The first-order chi connectivity index (χ1) is 9.35. The van der Waals surface area contributed by atoms with Gasteiger partial charge in [-0.2, -0.15) is 0 Å². The van der Waals surface area contributed by atoms with E-state index < -0.39 is 0 Å². The molecular formula is C17H23N3. The Morgan fingerprint density at radius 3 is 2.50 bits per heavy atom. The van der Waals surface area contributed by atoms with Gasteiger partial charge < -0.3 is 11.1 Å². The Morgan fingerprint density at radius 1 is 1.15 bits per heavy atom. The third-order valence-corrected chi connectivity index (χ3v) is 5.64. The van der Waals surface area contributed by atoms with E-state index in [1.165, 1.54) is 0 Å². The van der Waals surface area contributed by atoms with Crippen LogP contribution in [0, 0.1) is 16.7 Å². The van der Waals surface area contributed by atoms with Gasteiger partial charge in [-0.3, -0.25) is 4.98 Å². The smallest absolute Gasteiger partial charge is 0.0724 e. The van der Waals surface area contributed by atoms with Crippen LogP contribution >= 0.6 is 0 Å². The Labute approximate surface area is 120 Å². The zero-order valence-electron chi connectivity index (χ0n) is 12.7. The number of benzene rings is 1. The normalized spacial score (nSPS) is 20.0. The van der Waals surface area contributed by atoms with E-state index in [0.29, 0.717) is 16.7 Å². The number of hydrogen-bond donors (Lipinski definition) is 2. The van der Waals surface area contributed by atoms with Gasteiger partial charge in [-0.15, -0.1) is 0 Å². The first-order valence-electron chi connectivity index (χ1n) is 7.23. The van der Waals surface area contributed by atoms with E-state index in [9.17, 15) is 0 Å². The molecule has 3 rings (SSSR count).